The molecule has 3 aromatic rings. The monoisotopic (exact) mass is 512 g/mol. The number of carbonyl (C=O) groups is 3. The quantitative estimate of drug-likeness (QED) is 0.363. The SMILES string of the molecule is CC(C)N(CC(=O)NCc1cccc(Cl)c1F)C(=O)Cn1nc(C(=O)C(F)(F)F)c2ccccc21. The normalized spacial score (nSPS) is 11.7. The van der Waals surface area contributed by atoms with Gasteiger partial charge in [0.15, 0.2) is 0 Å². The Morgan fingerprint density at radius 1 is 1.11 bits per heavy atom. The van der Waals surface area contributed by atoms with Gasteiger partial charge in [-0.2, -0.15) is 18.3 Å². The molecule has 1 N–H and O–H groups in total. The maximum Gasteiger partial charge on any atom is 0.456 e. The highest BCUT2D eigenvalue weighted by Gasteiger charge is 2.42. The number of alkyl halides is 3. The first-order valence-electron chi connectivity index (χ1n) is 10.5. The smallest absolute Gasteiger partial charge is 0.350 e. The number of fused-ring (bicyclic) bond motifs is 1. The molecule has 0 aliphatic heterocycles. The topological polar surface area (TPSA) is 84.3 Å². The summed E-state index contributed by atoms with van der Waals surface area (Å²) in [5, 5.41) is 6.13. The summed E-state index contributed by atoms with van der Waals surface area (Å²) in [5.74, 6) is -3.97. The van der Waals surface area contributed by atoms with E-state index in [-0.39, 0.29) is 34.6 Å². The zero-order valence-corrected chi connectivity index (χ0v) is 19.5. The third kappa shape index (κ3) is 5.97. The molecule has 1 aromatic heterocycles. The highest BCUT2D eigenvalue weighted by molar-refractivity contribution is 6.30. The van der Waals surface area contributed by atoms with Crippen LogP contribution in [-0.4, -0.2) is 51.0 Å². The van der Waals surface area contributed by atoms with Crippen LogP contribution in [0.4, 0.5) is 17.6 Å². The molecule has 186 valence electrons. The molecule has 1 heterocycles. The second-order valence-corrected chi connectivity index (χ2v) is 8.36. The van der Waals surface area contributed by atoms with Crippen LogP contribution in [-0.2, 0) is 22.7 Å². The number of nitrogens with zero attached hydrogens (tertiary/aromatic N) is 3. The van der Waals surface area contributed by atoms with Crippen molar-refractivity contribution in [1.29, 1.82) is 0 Å². The molecule has 0 atom stereocenters. The van der Waals surface area contributed by atoms with E-state index in [0.29, 0.717) is 0 Å². The Morgan fingerprint density at radius 3 is 2.46 bits per heavy atom. The highest BCUT2D eigenvalue weighted by atomic mass is 35.5. The summed E-state index contributed by atoms with van der Waals surface area (Å²) < 4.78 is 54.0. The van der Waals surface area contributed by atoms with Crippen LogP contribution in [0.15, 0.2) is 42.5 Å². The van der Waals surface area contributed by atoms with E-state index in [1.54, 1.807) is 13.8 Å². The number of amides is 2. The lowest BCUT2D eigenvalue weighted by Gasteiger charge is -2.26. The second kappa shape index (κ2) is 10.4. The van der Waals surface area contributed by atoms with Gasteiger partial charge in [0.2, 0.25) is 11.8 Å². The van der Waals surface area contributed by atoms with Crippen molar-refractivity contribution in [2.45, 2.75) is 39.2 Å². The average Bonchev–Trinajstić information content (AvgIpc) is 3.15. The lowest BCUT2D eigenvalue weighted by Crippen LogP contribution is -2.45. The molecule has 0 saturated heterocycles. The van der Waals surface area contributed by atoms with Crippen molar-refractivity contribution in [2.75, 3.05) is 6.54 Å². The minimum Gasteiger partial charge on any atom is -0.350 e. The summed E-state index contributed by atoms with van der Waals surface area (Å²) in [6.07, 6.45) is -5.13. The minimum absolute atomic E-state index is 0.0417. The Hall–Kier alpha value is -3.47. The van der Waals surface area contributed by atoms with E-state index >= 15 is 0 Å². The number of halogens is 5. The van der Waals surface area contributed by atoms with Crippen LogP contribution in [0.1, 0.15) is 29.9 Å². The summed E-state index contributed by atoms with van der Waals surface area (Å²) in [6.45, 7) is 2.27. The number of aromatic nitrogens is 2. The summed E-state index contributed by atoms with van der Waals surface area (Å²) in [4.78, 5) is 38.4. The molecule has 3 rings (SSSR count). The molecule has 2 amide bonds. The van der Waals surface area contributed by atoms with Crippen LogP contribution in [0.5, 0.6) is 0 Å². The van der Waals surface area contributed by atoms with Crippen LogP contribution < -0.4 is 5.32 Å². The number of carbonyl (C=O) groups excluding carboxylic acids is 3. The number of hydrogen-bond donors (Lipinski definition) is 1. The maximum atomic E-state index is 14.0. The standard InChI is InChI=1S/C23H21ClF4N4O3/c1-13(2)31(11-18(33)29-10-14-6-5-8-16(24)20(14)25)19(34)12-32-17-9-4-3-7-15(17)21(30-32)22(35)23(26,27)28/h3-9,13H,10-12H2,1-2H3,(H,29,33). The van der Waals surface area contributed by atoms with E-state index in [4.69, 9.17) is 11.6 Å². The predicted octanol–water partition coefficient (Wildman–Crippen LogP) is 4.13. The number of nitrogens with one attached hydrogen (secondary N) is 1. The van der Waals surface area contributed by atoms with Crippen LogP contribution >= 0.6 is 11.6 Å². The fourth-order valence-corrected chi connectivity index (χ4v) is 3.61. The van der Waals surface area contributed by atoms with Crippen molar-refractivity contribution in [3.63, 3.8) is 0 Å². The largest absolute Gasteiger partial charge is 0.456 e. The Bertz CT molecular complexity index is 1270. The van der Waals surface area contributed by atoms with Crippen molar-refractivity contribution in [1.82, 2.24) is 20.0 Å². The number of benzene rings is 2. The lowest BCUT2D eigenvalue weighted by atomic mass is 10.1. The van der Waals surface area contributed by atoms with E-state index in [1.807, 2.05) is 0 Å². The van der Waals surface area contributed by atoms with Crippen LogP contribution in [0.25, 0.3) is 10.9 Å². The number of hydrogen-bond acceptors (Lipinski definition) is 4. The summed E-state index contributed by atoms with van der Waals surface area (Å²) in [5.41, 5.74) is -0.477. The molecule has 2 aromatic carbocycles. The van der Waals surface area contributed by atoms with Gasteiger partial charge in [0.25, 0.3) is 5.78 Å². The molecule has 12 heteroatoms. The number of Topliss-reactive ketones (excluding diaryl/α,β-unsaturated/α-hetero) is 1. The average molecular weight is 513 g/mol. The molecule has 0 unspecified atom stereocenters. The van der Waals surface area contributed by atoms with E-state index < -0.39 is 47.9 Å². The summed E-state index contributed by atoms with van der Waals surface area (Å²) >= 11 is 5.73. The third-order valence-electron chi connectivity index (χ3n) is 5.18. The molecule has 0 radical (unpaired) electrons. The highest BCUT2D eigenvalue weighted by Crippen LogP contribution is 2.26. The molecular formula is C23H21ClF4N4O3. The Labute approximate surface area is 202 Å². The van der Waals surface area contributed by atoms with Gasteiger partial charge in [0.05, 0.1) is 17.1 Å². The minimum atomic E-state index is -5.13. The second-order valence-electron chi connectivity index (χ2n) is 7.96. The van der Waals surface area contributed by atoms with Gasteiger partial charge in [-0.1, -0.05) is 41.9 Å². The van der Waals surface area contributed by atoms with Crippen molar-refractivity contribution < 1.29 is 31.9 Å². The van der Waals surface area contributed by atoms with Gasteiger partial charge < -0.3 is 10.2 Å². The molecule has 0 saturated carbocycles. The first-order valence-corrected chi connectivity index (χ1v) is 10.8. The summed E-state index contributed by atoms with van der Waals surface area (Å²) in [7, 11) is 0. The molecule has 0 aliphatic carbocycles. The van der Waals surface area contributed by atoms with Gasteiger partial charge >= 0.3 is 6.18 Å². The van der Waals surface area contributed by atoms with E-state index in [9.17, 15) is 31.9 Å². The first kappa shape index (κ1) is 26.1. The molecular weight excluding hydrogens is 492 g/mol. The number of rotatable bonds is 8. The Balaban J connectivity index is 1.76. The van der Waals surface area contributed by atoms with Gasteiger partial charge in [-0.3, -0.25) is 19.1 Å². The fraction of sp³-hybridized carbons (Fsp3) is 0.304. The Kier molecular flexibility index (Phi) is 7.79. The van der Waals surface area contributed by atoms with Gasteiger partial charge in [-0.15, -0.1) is 0 Å². The third-order valence-corrected chi connectivity index (χ3v) is 5.47. The van der Waals surface area contributed by atoms with Crippen LogP contribution in [0.2, 0.25) is 5.02 Å². The maximum absolute atomic E-state index is 14.0. The number of ketones is 1. The molecule has 0 bridgehead atoms. The van der Waals surface area contributed by atoms with Crippen molar-refractivity contribution in [3.05, 3.63) is 64.6 Å². The zero-order chi connectivity index (χ0) is 25.9. The Morgan fingerprint density at radius 2 is 1.80 bits per heavy atom. The van der Waals surface area contributed by atoms with Gasteiger partial charge in [-0.05, 0) is 26.0 Å². The lowest BCUT2D eigenvalue weighted by molar-refractivity contribution is -0.138. The summed E-state index contributed by atoms with van der Waals surface area (Å²) in [6, 6.07) is 9.65. The van der Waals surface area contributed by atoms with E-state index in [2.05, 4.69) is 10.4 Å². The van der Waals surface area contributed by atoms with Gasteiger partial charge in [0.1, 0.15) is 18.1 Å². The van der Waals surface area contributed by atoms with Crippen LogP contribution in [0.3, 0.4) is 0 Å². The fourth-order valence-electron chi connectivity index (χ4n) is 3.42. The van der Waals surface area contributed by atoms with Crippen molar-refractivity contribution in [2.24, 2.45) is 0 Å². The van der Waals surface area contributed by atoms with Crippen molar-refractivity contribution in [3.8, 4) is 0 Å². The zero-order valence-electron chi connectivity index (χ0n) is 18.7. The molecule has 7 nitrogen and oxygen atoms in total. The van der Waals surface area contributed by atoms with Crippen molar-refractivity contribution >= 4 is 40.1 Å². The first-order chi connectivity index (χ1) is 16.4. The molecule has 0 spiro atoms. The molecule has 35 heavy (non-hydrogen) atoms. The number of para-hydroxylation sites is 1. The predicted molar refractivity (Wildman–Crippen MR) is 120 cm³/mol. The van der Waals surface area contributed by atoms with Gasteiger partial charge in [-0.25, -0.2) is 4.39 Å². The molecule has 0 aliphatic rings. The van der Waals surface area contributed by atoms with E-state index in [1.165, 1.54) is 47.4 Å². The van der Waals surface area contributed by atoms with Crippen LogP contribution in [0, 0.1) is 5.82 Å². The van der Waals surface area contributed by atoms with E-state index in [0.717, 1.165) is 4.68 Å². The van der Waals surface area contributed by atoms with Gasteiger partial charge in [0, 0.05) is 23.5 Å². The molecule has 0 fully saturated rings.